The SMILES string of the molecule is Cc1c(C(O)CN2CCN(C(=O)OCc3ccccc3)CC2CO)ccc(F)c1C#N. The summed E-state index contributed by atoms with van der Waals surface area (Å²) >= 11 is 0. The fraction of sp³-hybridized carbons (Fsp3) is 0.391. The number of carbonyl (C=O) groups excluding carboxylic acids is 1. The Bertz CT molecular complexity index is 948. The molecule has 0 bridgehead atoms. The predicted octanol–water partition coefficient (Wildman–Crippen LogP) is 2.35. The van der Waals surface area contributed by atoms with Crippen LogP contribution in [0.2, 0.25) is 0 Å². The van der Waals surface area contributed by atoms with E-state index in [2.05, 4.69) is 0 Å². The van der Waals surface area contributed by atoms with Gasteiger partial charge in [0, 0.05) is 26.2 Å². The minimum Gasteiger partial charge on any atom is -0.445 e. The van der Waals surface area contributed by atoms with Crippen molar-refractivity contribution in [2.75, 3.05) is 32.8 Å². The molecule has 0 aliphatic carbocycles. The van der Waals surface area contributed by atoms with Gasteiger partial charge in [0.25, 0.3) is 0 Å². The van der Waals surface area contributed by atoms with Crippen molar-refractivity contribution in [3.8, 4) is 6.07 Å². The van der Waals surface area contributed by atoms with E-state index < -0.39 is 18.0 Å². The van der Waals surface area contributed by atoms with Gasteiger partial charge < -0.3 is 19.8 Å². The first-order valence-electron chi connectivity index (χ1n) is 10.1. The lowest BCUT2D eigenvalue weighted by molar-refractivity contribution is 0.00528. The number of rotatable bonds is 6. The van der Waals surface area contributed by atoms with Gasteiger partial charge in [-0.05, 0) is 29.7 Å². The van der Waals surface area contributed by atoms with Crippen LogP contribution in [0.3, 0.4) is 0 Å². The second-order valence-corrected chi connectivity index (χ2v) is 7.58. The van der Waals surface area contributed by atoms with Crippen molar-refractivity contribution < 1.29 is 24.1 Å². The molecule has 7 nitrogen and oxygen atoms in total. The number of aliphatic hydroxyl groups is 2. The van der Waals surface area contributed by atoms with E-state index in [1.165, 1.54) is 12.1 Å². The molecule has 1 saturated heterocycles. The topological polar surface area (TPSA) is 97.0 Å². The summed E-state index contributed by atoms with van der Waals surface area (Å²) in [6.07, 6.45) is -1.41. The molecule has 0 aromatic heterocycles. The number of β-amino-alcohol motifs (C(OH)–C–C–N with tert-alkyl or cyclic N) is 1. The standard InChI is InChI=1S/C23H26FN3O4/c1-16-19(7-8-21(24)20(16)11-25)22(29)13-26-9-10-27(12-18(26)14-28)23(30)31-15-17-5-3-2-4-6-17/h2-8,18,22,28-29H,9-10,12-15H2,1H3. The third-order valence-corrected chi connectivity index (χ3v) is 5.61. The molecule has 2 N–H and O–H groups in total. The molecule has 0 saturated carbocycles. The third kappa shape index (κ3) is 5.39. The van der Waals surface area contributed by atoms with Gasteiger partial charge in [-0.15, -0.1) is 0 Å². The molecule has 1 aliphatic heterocycles. The molecule has 2 aromatic carbocycles. The first-order valence-corrected chi connectivity index (χ1v) is 10.1. The molecular formula is C23H26FN3O4. The molecule has 3 rings (SSSR count). The summed E-state index contributed by atoms with van der Waals surface area (Å²) in [6.45, 7) is 2.87. The Morgan fingerprint density at radius 3 is 2.71 bits per heavy atom. The summed E-state index contributed by atoms with van der Waals surface area (Å²) in [6, 6.07) is 13.5. The smallest absolute Gasteiger partial charge is 0.410 e. The largest absolute Gasteiger partial charge is 0.445 e. The van der Waals surface area contributed by atoms with E-state index in [1.807, 2.05) is 41.3 Å². The fourth-order valence-corrected chi connectivity index (χ4v) is 3.80. The molecule has 2 unspecified atom stereocenters. The van der Waals surface area contributed by atoms with Gasteiger partial charge in [-0.1, -0.05) is 36.4 Å². The molecule has 2 atom stereocenters. The van der Waals surface area contributed by atoms with Crippen LogP contribution in [0.5, 0.6) is 0 Å². The molecular weight excluding hydrogens is 401 g/mol. The van der Waals surface area contributed by atoms with Gasteiger partial charge in [0.15, 0.2) is 0 Å². The van der Waals surface area contributed by atoms with Gasteiger partial charge in [-0.25, -0.2) is 9.18 Å². The van der Waals surface area contributed by atoms with Crippen LogP contribution >= 0.6 is 0 Å². The summed E-state index contributed by atoms with van der Waals surface area (Å²) in [5, 5.41) is 29.7. The summed E-state index contributed by atoms with van der Waals surface area (Å²) in [5.74, 6) is -0.619. The fourth-order valence-electron chi connectivity index (χ4n) is 3.80. The van der Waals surface area contributed by atoms with Crippen molar-refractivity contribution in [2.24, 2.45) is 0 Å². The molecule has 2 aromatic rings. The summed E-state index contributed by atoms with van der Waals surface area (Å²) in [4.78, 5) is 15.9. The van der Waals surface area contributed by atoms with Crippen molar-refractivity contribution in [2.45, 2.75) is 25.7 Å². The number of benzene rings is 2. The Hall–Kier alpha value is -2.99. The van der Waals surface area contributed by atoms with Crippen molar-refractivity contribution in [1.82, 2.24) is 9.80 Å². The number of nitrogens with zero attached hydrogens (tertiary/aromatic N) is 3. The normalized spacial score (nSPS) is 17.8. The second-order valence-electron chi connectivity index (χ2n) is 7.58. The van der Waals surface area contributed by atoms with Crippen LogP contribution in [-0.4, -0.2) is 64.9 Å². The van der Waals surface area contributed by atoms with E-state index in [4.69, 9.17) is 10.00 Å². The molecule has 8 heteroatoms. The lowest BCUT2D eigenvalue weighted by Crippen LogP contribution is -2.56. The zero-order valence-corrected chi connectivity index (χ0v) is 17.4. The predicted molar refractivity (Wildman–Crippen MR) is 111 cm³/mol. The number of hydrogen-bond acceptors (Lipinski definition) is 6. The monoisotopic (exact) mass is 427 g/mol. The maximum atomic E-state index is 13.8. The maximum absolute atomic E-state index is 13.8. The first kappa shape index (κ1) is 22.7. The molecule has 1 fully saturated rings. The first-order chi connectivity index (χ1) is 14.9. The number of amides is 1. The number of ether oxygens (including phenoxy) is 1. The number of piperazine rings is 1. The zero-order chi connectivity index (χ0) is 22.4. The summed E-state index contributed by atoms with van der Waals surface area (Å²) in [5.41, 5.74) is 1.68. The van der Waals surface area contributed by atoms with Crippen LogP contribution in [-0.2, 0) is 11.3 Å². The van der Waals surface area contributed by atoms with E-state index >= 15 is 0 Å². The Labute approximate surface area is 180 Å². The average Bonchev–Trinajstić information content (AvgIpc) is 2.78. The van der Waals surface area contributed by atoms with Crippen LogP contribution < -0.4 is 0 Å². The highest BCUT2D eigenvalue weighted by Gasteiger charge is 2.31. The number of halogens is 1. The quantitative estimate of drug-likeness (QED) is 0.735. The van der Waals surface area contributed by atoms with E-state index in [0.717, 1.165) is 5.56 Å². The Kier molecular flexibility index (Phi) is 7.58. The van der Waals surface area contributed by atoms with Gasteiger partial charge in [0.05, 0.1) is 24.3 Å². The molecule has 1 heterocycles. The number of aliphatic hydroxyl groups excluding tert-OH is 2. The number of nitriles is 1. The zero-order valence-electron chi connectivity index (χ0n) is 17.4. The Morgan fingerprint density at radius 1 is 1.29 bits per heavy atom. The molecule has 31 heavy (non-hydrogen) atoms. The summed E-state index contributed by atoms with van der Waals surface area (Å²) < 4.78 is 19.1. The van der Waals surface area contributed by atoms with Crippen LogP contribution in [0.1, 0.15) is 28.4 Å². The van der Waals surface area contributed by atoms with Crippen LogP contribution in [0, 0.1) is 24.1 Å². The molecule has 0 radical (unpaired) electrons. The minimum absolute atomic E-state index is 0.0822. The van der Waals surface area contributed by atoms with Crippen LogP contribution in [0.4, 0.5) is 9.18 Å². The van der Waals surface area contributed by atoms with Gasteiger partial charge in [-0.2, -0.15) is 5.26 Å². The van der Waals surface area contributed by atoms with Gasteiger partial charge in [0.2, 0.25) is 0 Å². The highest BCUT2D eigenvalue weighted by molar-refractivity contribution is 5.67. The number of hydrogen-bond donors (Lipinski definition) is 2. The number of carbonyl (C=O) groups is 1. The van der Waals surface area contributed by atoms with Gasteiger partial charge in [-0.3, -0.25) is 4.90 Å². The highest BCUT2D eigenvalue weighted by Crippen LogP contribution is 2.25. The highest BCUT2D eigenvalue weighted by atomic mass is 19.1. The third-order valence-electron chi connectivity index (χ3n) is 5.61. The molecule has 1 amide bonds. The van der Waals surface area contributed by atoms with Crippen LogP contribution in [0.15, 0.2) is 42.5 Å². The average molecular weight is 427 g/mol. The maximum Gasteiger partial charge on any atom is 0.410 e. The molecule has 0 spiro atoms. The van der Waals surface area contributed by atoms with E-state index in [-0.39, 0.29) is 37.9 Å². The van der Waals surface area contributed by atoms with Crippen molar-refractivity contribution in [3.63, 3.8) is 0 Å². The van der Waals surface area contributed by atoms with E-state index in [1.54, 1.807) is 11.8 Å². The Balaban J connectivity index is 1.60. The van der Waals surface area contributed by atoms with Crippen molar-refractivity contribution in [1.29, 1.82) is 5.26 Å². The van der Waals surface area contributed by atoms with Crippen molar-refractivity contribution >= 4 is 6.09 Å². The molecule has 1 aliphatic rings. The second kappa shape index (κ2) is 10.4. The Morgan fingerprint density at radius 2 is 2.03 bits per heavy atom. The minimum atomic E-state index is -0.960. The molecule has 164 valence electrons. The lowest BCUT2D eigenvalue weighted by Gasteiger charge is -2.41. The van der Waals surface area contributed by atoms with Crippen LogP contribution in [0.25, 0.3) is 0 Å². The van der Waals surface area contributed by atoms with Gasteiger partial charge in [0.1, 0.15) is 18.5 Å². The van der Waals surface area contributed by atoms with Crippen molar-refractivity contribution in [3.05, 3.63) is 70.5 Å². The lowest BCUT2D eigenvalue weighted by atomic mass is 9.97. The van der Waals surface area contributed by atoms with E-state index in [9.17, 15) is 19.4 Å². The van der Waals surface area contributed by atoms with E-state index in [0.29, 0.717) is 24.2 Å². The van der Waals surface area contributed by atoms with Gasteiger partial charge >= 0.3 is 6.09 Å². The summed E-state index contributed by atoms with van der Waals surface area (Å²) in [7, 11) is 0.